The molecule has 0 spiro atoms. The van der Waals surface area contributed by atoms with Crippen molar-refractivity contribution >= 4 is 22.0 Å². The van der Waals surface area contributed by atoms with Crippen molar-refractivity contribution in [2.45, 2.75) is 19.3 Å². The average molecular weight is 397 g/mol. The third-order valence-corrected chi connectivity index (χ3v) is 6.60. The Morgan fingerprint density at radius 2 is 1.67 bits per heavy atom. The molecule has 0 bridgehead atoms. The molecule has 27 heavy (non-hydrogen) atoms. The molecule has 1 aromatic rings. The first-order chi connectivity index (χ1) is 12.8. The van der Waals surface area contributed by atoms with E-state index < -0.39 is 22.0 Å². The lowest BCUT2D eigenvalue weighted by Crippen LogP contribution is -2.47. The van der Waals surface area contributed by atoms with Crippen molar-refractivity contribution in [2.24, 2.45) is 5.92 Å². The van der Waals surface area contributed by atoms with Crippen LogP contribution in [0, 0.1) is 5.92 Å². The Balaban J connectivity index is 1.66. The van der Waals surface area contributed by atoms with Gasteiger partial charge < -0.3 is 10.6 Å². The van der Waals surface area contributed by atoms with E-state index in [9.17, 15) is 18.0 Å². The highest BCUT2D eigenvalue weighted by molar-refractivity contribution is 7.86. The van der Waals surface area contributed by atoms with Gasteiger partial charge in [0, 0.05) is 40.3 Å². The van der Waals surface area contributed by atoms with Crippen LogP contribution in [-0.2, 0) is 26.2 Å². The summed E-state index contributed by atoms with van der Waals surface area (Å²) >= 11 is 0. The minimum atomic E-state index is -3.39. The number of benzene rings is 1. The summed E-state index contributed by atoms with van der Waals surface area (Å²) in [5, 5.41) is 5.26. The molecule has 1 aliphatic heterocycles. The molecule has 0 saturated carbocycles. The maximum Gasteiger partial charge on any atom is 0.309 e. The lowest BCUT2D eigenvalue weighted by Gasteiger charge is -2.32. The van der Waals surface area contributed by atoms with Crippen LogP contribution in [0.15, 0.2) is 30.3 Å². The number of piperidine rings is 1. The Kier molecular flexibility index (Phi) is 7.76. The highest BCUT2D eigenvalue weighted by atomic mass is 32.2. The number of carbonyl (C=O) groups is 2. The van der Waals surface area contributed by atoms with Gasteiger partial charge in [-0.05, 0) is 30.7 Å². The van der Waals surface area contributed by atoms with Gasteiger partial charge in [-0.15, -0.1) is 0 Å². The van der Waals surface area contributed by atoms with Crippen molar-refractivity contribution in [1.29, 1.82) is 0 Å². The molecular weight excluding hydrogens is 368 g/mol. The number of carbonyl (C=O) groups excluding carboxylic acids is 2. The van der Waals surface area contributed by atoms with Crippen LogP contribution in [0.25, 0.3) is 0 Å². The van der Waals surface area contributed by atoms with Crippen molar-refractivity contribution < 1.29 is 18.0 Å². The van der Waals surface area contributed by atoms with Gasteiger partial charge in [0.25, 0.3) is 10.2 Å². The number of amides is 2. The summed E-state index contributed by atoms with van der Waals surface area (Å²) in [5.74, 6) is -1.12. The summed E-state index contributed by atoms with van der Waals surface area (Å²) < 4.78 is 26.8. The standard InChI is InChI=1S/C18H28N4O4S/c1-21(2)27(25,26)22-12-9-16(10-13-22)14-20-18(24)17(23)19-11-8-15-6-4-3-5-7-15/h3-7,16H,8-14H2,1-2H3,(H,19,23)(H,20,24). The third kappa shape index (κ3) is 6.30. The van der Waals surface area contributed by atoms with Crippen LogP contribution >= 0.6 is 0 Å². The first-order valence-electron chi connectivity index (χ1n) is 9.08. The van der Waals surface area contributed by atoms with Crippen molar-refractivity contribution in [1.82, 2.24) is 19.2 Å². The fraction of sp³-hybridized carbons (Fsp3) is 0.556. The zero-order valence-corrected chi connectivity index (χ0v) is 16.7. The van der Waals surface area contributed by atoms with Gasteiger partial charge in [-0.2, -0.15) is 17.0 Å². The molecule has 2 amide bonds. The number of nitrogens with one attached hydrogen (secondary N) is 2. The van der Waals surface area contributed by atoms with Gasteiger partial charge in [0.15, 0.2) is 0 Å². The van der Waals surface area contributed by atoms with Crippen LogP contribution in [0.3, 0.4) is 0 Å². The number of hydrogen-bond acceptors (Lipinski definition) is 4. The van der Waals surface area contributed by atoms with Gasteiger partial charge in [-0.1, -0.05) is 30.3 Å². The van der Waals surface area contributed by atoms with E-state index in [-0.39, 0.29) is 5.92 Å². The van der Waals surface area contributed by atoms with E-state index in [1.807, 2.05) is 30.3 Å². The van der Waals surface area contributed by atoms with Crippen molar-refractivity contribution in [3.8, 4) is 0 Å². The Bertz CT molecular complexity index is 729. The highest BCUT2D eigenvalue weighted by Crippen LogP contribution is 2.19. The van der Waals surface area contributed by atoms with Gasteiger partial charge in [0.1, 0.15) is 0 Å². The molecule has 1 aliphatic rings. The fourth-order valence-corrected chi connectivity index (χ4v) is 4.07. The van der Waals surface area contributed by atoms with Crippen molar-refractivity contribution in [3.05, 3.63) is 35.9 Å². The first kappa shape index (κ1) is 21.3. The van der Waals surface area contributed by atoms with E-state index in [2.05, 4.69) is 10.6 Å². The van der Waals surface area contributed by atoms with Gasteiger partial charge in [0.2, 0.25) is 0 Å². The minimum absolute atomic E-state index is 0.166. The van der Waals surface area contributed by atoms with Crippen LogP contribution in [0.5, 0.6) is 0 Å². The molecule has 0 atom stereocenters. The maximum atomic E-state index is 12.1. The van der Waals surface area contributed by atoms with E-state index in [0.29, 0.717) is 45.4 Å². The lowest BCUT2D eigenvalue weighted by molar-refractivity contribution is -0.139. The summed E-state index contributed by atoms with van der Waals surface area (Å²) in [6.45, 7) is 1.62. The molecular formula is C18H28N4O4S. The molecule has 0 radical (unpaired) electrons. The molecule has 2 N–H and O–H groups in total. The SMILES string of the molecule is CN(C)S(=O)(=O)N1CCC(CNC(=O)C(=O)NCCc2ccccc2)CC1. The molecule has 8 nitrogen and oxygen atoms in total. The largest absolute Gasteiger partial charge is 0.348 e. The van der Waals surface area contributed by atoms with Gasteiger partial charge in [-0.25, -0.2) is 0 Å². The molecule has 1 fully saturated rings. The Labute approximate surface area is 161 Å². The second kappa shape index (κ2) is 9.82. The number of rotatable bonds is 7. The summed E-state index contributed by atoms with van der Waals surface area (Å²) in [4.78, 5) is 23.8. The second-order valence-electron chi connectivity index (χ2n) is 6.83. The Hall–Kier alpha value is -1.97. The summed E-state index contributed by atoms with van der Waals surface area (Å²) in [5.41, 5.74) is 1.10. The molecule has 0 unspecified atom stereocenters. The molecule has 0 aliphatic carbocycles. The van der Waals surface area contributed by atoms with Crippen LogP contribution in [0.2, 0.25) is 0 Å². The average Bonchev–Trinajstić information content (AvgIpc) is 2.67. The predicted octanol–water partition coefficient (Wildman–Crippen LogP) is -0.0201. The Morgan fingerprint density at radius 3 is 2.26 bits per heavy atom. The molecule has 1 heterocycles. The zero-order chi connectivity index (χ0) is 19.9. The smallest absolute Gasteiger partial charge is 0.309 e. The van der Waals surface area contributed by atoms with E-state index in [1.54, 1.807) is 0 Å². The van der Waals surface area contributed by atoms with E-state index >= 15 is 0 Å². The summed E-state index contributed by atoms with van der Waals surface area (Å²) in [7, 11) is -0.362. The van der Waals surface area contributed by atoms with Crippen molar-refractivity contribution in [3.63, 3.8) is 0 Å². The van der Waals surface area contributed by atoms with Gasteiger partial charge in [-0.3, -0.25) is 9.59 Å². The summed E-state index contributed by atoms with van der Waals surface area (Å²) in [6, 6.07) is 9.72. The van der Waals surface area contributed by atoms with Gasteiger partial charge in [0.05, 0.1) is 0 Å². The van der Waals surface area contributed by atoms with E-state index in [1.165, 1.54) is 22.7 Å². The molecule has 2 rings (SSSR count). The fourth-order valence-electron chi connectivity index (χ4n) is 2.94. The maximum absolute atomic E-state index is 12.1. The molecule has 150 valence electrons. The van der Waals surface area contributed by atoms with Crippen LogP contribution in [-0.4, -0.2) is 69.1 Å². The molecule has 0 aromatic heterocycles. The monoisotopic (exact) mass is 396 g/mol. The van der Waals surface area contributed by atoms with Crippen LogP contribution in [0.4, 0.5) is 0 Å². The number of nitrogens with zero attached hydrogens (tertiary/aromatic N) is 2. The zero-order valence-electron chi connectivity index (χ0n) is 15.8. The molecule has 1 saturated heterocycles. The van der Waals surface area contributed by atoms with Crippen molar-refractivity contribution in [2.75, 3.05) is 40.3 Å². The minimum Gasteiger partial charge on any atom is -0.348 e. The normalized spacial score (nSPS) is 16.3. The third-order valence-electron chi connectivity index (χ3n) is 4.66. The van der Waals surface area contributed by atoms with E-state index in [4.69, 9.17) is 0 Å². The topological polar surface area (TPSA) is 98.8 Å². The predicted molar refractivity (Wildman–Crippen MR) is 103 cm³/mol. The van der Waals surface area contributed by atoms with Gasteiger partial charge >= 0.3 is 11.8 Å². The quantitative estimate of drug-likeness (QED) is 0.633. The van der Waals surface area contributed by atoms with Crippen LogP contribution in [0.1, 0.15) is 18.4 Å². The Morgan fingerprint density at radius 1 is 1.07 bits per heavy atom. The molecule has 9 heteroatoms. The highest BCUT2D eigenvalue weighted by Gasteiger charge is 2.29. The molecule has 1 aromatic carbocycles. The second-order valence-corrected chi connectivity index (χ2v) is 8.98. The summed E-state index contributed by atoms with van der Waals surface area (Å²) in [6.07, 6.45) is 1.98. The number of hydrogen-bond donors (Lipinski definition) is 2. The van der Waals surface area contributed by atoms with Crippen LogP contribution < -0.4 is 10.6 Å². The first-order valence-corrected chi connectivity index (χ1v) is 10.5. The lowest BCUT2D eigenvalue weighted by atomic mass is 9.98. The van der Waals surface area contributed by atoms with E-state index in [0.717, 1.165) is 5.56 Å².